The number of morpholine rings is 1. The number of carbonyl (C=O) groups is 1. The van der Waals surface area contributed by atoms with Crippen LogP contribution in [0.5, 0.6) is 23.1 Å². The summed E-state index contributed by atoms with van der Waals surface area (Å²) < 4.78 is 60.3. The second-order valence-electron chi connectivity index (χ2n) is 20.9. The van der Waals surface area contributed by atoms with E-state index in [-0.39, 0.29) is 77.6 Å². The number of anilines is 2. The highest BCUT2D eigenvalue weighted by Crippen LogP contribution is 2.53. The molecule has 18 nitrogen and oxygen atoms in total. The number of nitro benzene ring substituents is 1. The fraction of sp³-hybridized carbons (Fsp3) is 0.509. The van der Waals surface area contributed by atoms with Gasteiger partial charge in [0, 0.05) is 68.3 Å². The Balaban J connectivity index is 0.890. The fourth-order valence-corrected chi connectivity index (χ4v) is 12.6. The van der Waals surface area contributed by atoms with Crippen LogP contribution in [0.3, 0.4) is 0 Å². The molecule has 3 aliphatic heterocycles. The van der Waals surface area contributed by atoms with E-state index in [9.17, 15) is 28.4 Å². The molecular formula is C53H65N7O11S. The van der Waals surface area contributed by atoms with Gasteiger partial charge in [-0.05, 0) is 111 Å². The van der Waals surface area contributed by atoms with Crippen LogP contribution in [0.4, 0.5) is 17.1 Å². The summed E-state index contributed by atoms with van der Waals surface area (Å²) in [5.74, 6) is -0.150. The number of ether oxygens (including phenoxy) is 5. The van der Waals surface area contributed by atoms with Gasteiger partial charge >= 0.3 is 0 Å². The highest BCUT2D eigenvalue weighted by atomic mass is 32.2. The monoisotopic (exact) mass is 1010 g/mol. The number of H-pyrrole nitrogens is 1. The normalized spacial score (nSPS) is 23.5. The number of nitrogens with zero attached hydrogens (tertiary/aromatic N) is 4. The van der Waals surface area contributed by atoms with Crippen molar-refractivity contribution in [2.24, 2.45) is 11.3 Å². The van der Waals surface area contributed by atoms with Crippen LogP contribution in [-0.2, 0) is 19.5 Å². The van der Waals surface area contributed by atoms with E-state index in [4.69, 9.17) is 23.7 Å². The lowest BCUT2D eigenvalue weighted by Crippen LogP contribution is -2.58. The van der Waals surface area contributed by atoms with Crippen LogP contribution in [-0.4, -0.2) is 117 Å². The molecule has 1 amide bonds. The third-order valence-corrected chi connectivity index (χ3v) is 17.1. The molecule has 2 atom stereocenters. The zero-order chi connectivity index (χ0) is 50.4. The first-order valence-corrected chi connectivity index (χ1v) is 26.7. The van der Waals surface area contributed by atoms with E-state index in [2.05, 4.69) is 67.9 Å². The molecule has 19 heteroatoms. The van der Waals surface area contributed by atoms with Gasteiger partial charge in [-0.1, -0.05) is 38.1 Å². The summed E-state index contributed by atoms with van der Waals surface area (Å²) in [5.41, 5.74) is 2.99. The average Bonchev–Trinajstić information content (AvgIpc) is 3.82. The van der Waals surface area contributed by atoms with Gasteiger partial charge in [-0.3, -0.25) is 19.8 Å². The predicted octanol–water partition coefficient (Wildman–Crippen LogP) is 8.47. The highest BCUT2D eigenvalue weighted by Gasteiger charge is 2.50. The van der Waals surface area contributed by atoms with E-state index in [0.29, 0.717) is 55.3 Å². The van der Waals surface area contributed by atoms with Gasteiger partial charge in [0.15, 0.2) is 17.2 Å². The van der Waals surface area contributed by atoms with Gasteiger partial charge in [0.05, 0.1) is 52.9 Å². The zero-order valence-electron chi connectivity index (χ0n) is 41.4. The molecule has 2 saturated carbocycles. The molecule has 2 saturated heterocycles. The maximum Gasteiger partial charge on any atom is 0.297 e. The molecule has 2 aliphatic carbocycles. The Labute approximate surface area is 419 Å². The Morgan fingerprint density at radius 1 is 1.00 bits per heavy atom. The molecule has 0 unspecified atom stereocenters. The highest BCUT2D eigenvalue weighted by molar-refractivity contribution is 7.90. The van der Waals surface area contributed by atoms with Crippen molar-refractivity contribution in [1.82, 2.24) is 19.6 Å². The first kappa shape index (κ1) is 49.6. The quantitative estimate of drug-likeness (QED) is 0.0439. The molecule has 5 aromatic rings. The molecular weight excluding hydrogens is 943 g/mol. The molecule has 0 radical (unpaired) electrons. The number of methoxy groups -OCH3 is 1. The van der Waals surface area contributed by atoms with Crippen molar-refractivity contribution in [2.45, 2.75) is 107 Å². The van der Waals surface area contributed by atoms with Crippen LogP contribution < -0.4 is 29.1 Å². The number of hydrogen-bond donors (Lipinski definition) is 4. The summed E-state index contributed by atoms with van der Waals surface area (Å²) in [5, 5.41) is 26.9. The lowest BCUT2D eigenvalue weighted by Gasteiger charge is -2.57. The summed E-state index contributed by atoms with van der Waals surface area (Å²) in [6.07, 6.45) is 8.52. The van der Waals surface area contributed by atoms with Gasteiger partial charge in [-0.2, -0.15) is 4.98 Å². The van der Waals surface area contributed by atoms with E-state index in [1.165, 1.54) is 23.3 Å². The number of hydrogen-bond acceptors (Lipinski definition) is 15. The fourth-order valence-electron chi connectivity index (χ4n) is 11.6. The molecule has 2 aromatic heterocycles. The minimum atomic E-state index is -4.73. The van der Waals surface area contributed by atoms with Crippen molar-refractivity contribution < 1.29 is 46.9 Å². The molecule has 10 rings (SSSR count). The lowest BCUT2D eigenvalue weighted by atomic mass is 9.59. The number of aromatic amines is 1. The number of aromatic nitrogens is 2. The third kappa shape index (κ3) is 10.2. The van der Waals surface area contributed by atoms with Gasteiger partial charge in [0.2, 0.25) is 0 Å². The Kier molecular flexibility index (Phi) is 13.9. The summed E-state index contributed by atoms with van der Waals surface area (Å²) in [6, 6.07) is 19.9. The second kappa shape index (κ2) is 20.1. The number of fused-ring (bicyclic) bond motifs is 2. The number of pyridine rings is 1. The van der Waals surface area contributed by atoms with Crippen LogP contribution in [0.2, 0.25) is 0 Å². The summed E-state index contributed by atoms with van der Waals surface area (Å²) in [4.78, 5) is 38.3. The summed E-state index contributed by atoms with van der Waals surface area (Å²) >= 11 is 0. The Bertz CT molecular complexity index is 2920. The Hall–Kier alpha value is -5.99. The first-order valence-electron chi connectivity index (χ1n) is 25.2. The van der Waals surface area contributed by atoms with Gasteiger partial charge in [0.25, 0.3) is 27.5 Å². The van der Waals surface area contributed by atoms with Crippen LogP contribution in [0.1, 0.15) is 106 Å². The largest absolute Gasteiger partial charge is 0.489 e. The van der Waals surface area contributed by atoms with E-state index in [1.807, 2.05) is 6.07 Å². The van der Waals surface area contributed by atoms with Gasteiger partial charge in [0.1, 0.15) is 24.6 Å². The van der Waals surface area contributed by atoms with Crippen LogP contribution in [0, 0.1) is 21.4 Å². The summed E-state index contributed by atoms with van der Waals surface area (Å²) in [7, 11) is -3.17. The van der Waals surface area contributed by atoms with Gasteiger partial charge < -0.3 is 44.0 Å². The summed E-state index contributed by atoms with van der Waals surface area (Å²) in [6.45, 7) is 10.7. The number of sulfonamides is 1. The standard InChI is InChI=1S/C53H65N7O11S/c1-33(2)39-7-5-6-8-40(39)44-32-68-22-21-59(44)37-29-53(30-37)16-19-58(20-17-53)36-9-10-41(45(26-36)71-47-25-35-13-18-54-49(35)56-51(47)69-24-23-67-4)50(61)57-72(65,66)38-27-43(60(63)64)48-46(28-38)70-31-42(55-48)34-11-14-52(3,62)15-12-34/h5-10,13,18,25-28,33-34,37,42,44,55,62H,11-12,14-17,19-24,29-32H2,1-4H3,(H,54,56)(H,57,61)/t34-,42-,44-,52-/m1/s1. The number of amides is 1. The number of rotatable bonds is 15. The minimum Gasteiger partial charge on any atom is -0.489 e. The molecule has 384 valence electrons. The van der Waals surface area contributed by atoms with Crippen molar-refractivity contribution in [2.75, 3.05) is 70.0 Å². The maximum absolute atomic E-state index is 14.4. The molecule has 3 aromatic carbocycles. The Morgan fingerprint density at radius 3 is 2.53 bits per heavy atom. The van der Waals surface area contributed by atoms with Crippen molar-refractivity contribution >= 4 is 44.0 Å². The first-order chi connectivity index (χ1) is 34.6. The molecule has 72 heavy (non-hydrogen) atoms. The topological polar surface area (TPSA) is 220 Å². The average molecular weight is 1010 g/mol. The van der Waals surface area contributed by atoms with E-state index < -0.39 is 37.0 Å². The number of nitrogens with one attached hydrogen (secondary N) is 3. The second-order valence-corrected chi connectivity index (χ2v) is 22.6. The molecule has 4 N–H and O–H groups in total. The number of nitro groups is 1. The third-order valence-electron chi connectivity index (χ3n) is 15.8. The zero-order valence-corrected chi connectivity index (χ0v) is 42.2. The molecule has 0 bridgehead atoms. The molecule has 5 aliphatic rings. The van der Waals surface area contributed by atoms with E-state index >= 15 is 0 Å². The number of carbonyl (C=O) groups excluding carboxylic acids is 1. The maximum atomic E-state index is 14.4. The van der Waals surface area contributed by atoms with Gasteiger partial charge in [-0.25, -0.2) is 13.1 Å². The lowest BCUT2D eigenvalue weighted by molar-refractivity contribution is -0.384. The van der Waals surface area contributed by atoms with Crippen molar-refractivity contribution in [1.29, 1.82) is 0 Å². The minimum absolute atomic E-state index is 0.0171. The molecule has 4 fully saturated rings. The van der Waals surface area contributed by atoms with Crippen LogP contribution in [0.25, 0.3) is 11.0 Å². The molecule has 5 heterocycles. The predicted molar refractivity (Wildman–Crippen MR) is 271 cm³/mol. The van der Waals surface area contributed by atoms with Crippen LogP contribution in [0.15, 0.2) is 77.8 Å². The van der Waals surface area contributed by atoms with Gasteiger partial charge in [-0.15, -0.1) is 0 Å². The van der Waals surface area contributed by atoms with E-state index in [1.54, 1.807) is 38.4 Å². The number of benzene rings is 3. The van der Waals surface area contributed by atoms with E-state index in [0.717, 1.165) is 63.7 Å². The van der Waals surface area contributed by atoms with Crippen molar-refractivity contribution in [3.63, 3.8) is 0 Å². The molecule has 1 spiro atoms. The smallest absolute Gasteiger partial charge is 0.297 e. The number of piperidine rings is 1. The SMILES string of the molecule is COCCOc1nc2[nH]ccc2cc1Oc1cc(N2CCC3(CC2)CC(N2CCOC[C@@H]2c2ccccc2C(C)C)C3)ccc1C(=O)NS(=O)(=O)c1cc2c(c([N+](=O)[O-])c1)N[C@@H]([C@H]1CC[C@](C)(O)CC1)CO2. The Morgan fingerprint density at radius 2 is 1.78 bits per heavy atom. The van der Waals surface area contributed by atoms with Crippen LogP contribution >= 0.6 is 0 Å². The van der Waals surface area contributed by atoms with Crippen molar-refractivity contribution in [3.05, 3.63) is 99.7 Å². The number of aliphatic hydroxyl groups is 1. The van der Waals surface area contributed by atoms with Crippen molar-refractivity contribution in [3.8, 4) is 23.1 Å².